The number of rotatable bonds is 2. The summed E-state index contributed by atoms with van der Waals surface area (Å²) in [5.74, 6) is 1.79. The van der Waals surface area contributed by atoms with E-state index in [2.05, 4.69) is 95.2 Å². The first-order valence-electron chi connectivity index (χ1n) is 12.3. The summed E-state index contributed by atoms with van der Waals surface area (Å²) < 4.78 is 0. The van der Waals surface area contributed by atoms with Crippen LogP contribution in [0.25, 0.3) is 0 Å². The monoisotopic (exact) mass is 418 g/mol. The van der Waals surface area contributed by atoms with Gasteiger partial charge >= 0.3 is 0 Å². The third-order valence-electron chi connectivity index (χ3n) is 8.39. The third-order valence-corrected chi connectivity index (χ3v) is 8.39. The summed E-state index contributed by atoms with van der Waals surface area (Å²) in [7, 11) is 0. The van der Waals surface area contributed by atoms with Crippen LogP contribution < -0.4 is 10.2 Å². The first-order valence-corrected chi connectivity index (χ1v) is 12.3. The normalized spacial score (nSPS) is 34.2. The minimum Gasteiger partial charge on any atom is -0.381 e. The van der Waals surface area contributed by atoms with E-state index in [1.54, 1.807) is 16.7 Å². The lowest BCUT2D eigenvalue weighted by Gasteiger charge is -2.29. The van der Waals surface area contributed by atoms with E-state index in [-0.39, 0.29) is 0 Å². The number of nitrogens with zero attached hydrogens (tertiary/aromatic N) is 1. The molecule has 0 bridgehead atoms. The summed E-state index contributed by atoms with van der Waals surface area (Å²) in [6, 6.07) is 11.9. The first kappa shape index (κ1) is 18.6. The van der Waals surface area contributed by atoms with Gasteiger partial charge in [-0.25, -0.2) is 0 Å². The molecule has 1 fully saturated rings. The molecular formula is C30H30N2. The summed E-state index contributed by atoms with van der Waals surface area (Å²) in [5.41, 5.74) is 9.07. The van der Waals surface area contributed by atoms with Gasteiger partial charge in [-0.15, -0.1) is 0 Å². The maximum Gasteiger partial charge on any atom is 0.0591 e. The molecule has 2 aliphatic heterocycles. The highest BCUT2D eigenvalue weighted by Crippen LogP contribution is 2.50. The van der Waals surface area contributed by atoms with Gasteiger partial charge in [0, 0.05) is 34.8 Å². The van der Waals surface area contributed by atoms with Gasteiger partial charge in [0.05, 0.1) is 12.1 Å². The van der Waals surface area contributed by atoms with E-state index in [4.69, 9.17) is 0 Å². The molecule has 32 heavy (non-hydrogen) atoms. The van der Waals surface area contributed by atoms with Gasteiger partial charge in [0.2, 0.25) is 0 Å². The maximum absolute atomic E-state index is 3.81. The zero-order chi connectivity index (χ0) is 21.1. The summed E-state index contributed by atoms with van der Waals surface area (Å²) in [6.07, 6.45) is 27.5. The third kappa shape index (κ3) is 2.78. The molecule has 0 amide bonds. The van der Waals surface area contributed by atoms with E-state index in [1.807, 2.05) is 0 Å². The van der Waals surface area contributed by atoms with Crippen molar-refractivity contribution in [1.82, 2.24) is 5.32 Å². The van der Waals surface area contributed by atoms with Crippen LogP contribution in [0.3, 0.4) is 0 Å². The van der Waals surface area contributed by atoms with Gasteiger partial charge < -0.3 is 10.2 Å². The zero-order valence-electron chi connectivity index (χ0n) is 18.5. The molecule has 0 aromatic heterocycles. The summed E-state index contributed by atoms with van der Waals surface area (Å²) in [6.45, 7) is 0. The van der Waals surface area contributed by atoms with E-state index in [9.17, 15) is 0 Å². The number of benzene rings is 1. The van der Waals surface area contributed by atoms with Crippen LogP contribution in [0, 0.1) is 17.8 Å². The number of para-hydroxylation sites is 1. The van der Waals surface area contributed by atoms with Gasteiger partial charge in [0.25, 0.3) is 0 Å². The smallest absolute Gasteiger partial charge is 0.0591 e. The van der Waals surface area contributed by atoms with Crippen molar-refractivity contribution in [3.63, 3.8) is 0 Å². The first-order chi connectivity index (χ1) is 15.9. The van der Waals surface area contributed by atoms with Crippen LogP contribution in [-0.4, -0.2) is 12.1 Å². The van der Waals surface area contributed by atoms with Crippen molar-refractivity contribution in [2.24, 2.45) is 17.8 Å². The molecule has 6 aliphatic rings. The van der Waals surface area contributed by atoms with Crippen LogP contribution in [0.2, 0.25) is 0 Å². The Labute approximate surface area is 191 Å². The molecule has 5 unspecified atom stereocenters. The van der Waals surface area contributed by atoms with Crippen molar-refractivity contribution in [3.8, 4) is 0 Å². The van der Waals surface area contributed by atoms with Crippen LogP contribution >= 0.6 is 0 Å². The van der Waals surface area contributed by atoms with Gasteiger partial charge in [-0.3, -0.25) is 0 Å². The predicted octanol–water partition coefficient (Wildman–Crippen LogP) is 6.36. The number of anilines is 1. The highest BCUT2D eigenvalue weighted by Gasteiger charge is 2.45. The molecule has 5 atom stereocenters. The Hall–Kier alpha value is -3.00. The van der Waals surface area contributed by atoms with Gasteiger partial charge in [0.15, 0.2) is 0 Å². The lowest BCUT2D eigenvalue weighted by molar-refractivity contribution is 0.483. The fourth-order valence-electron chi connectivity index (χ4n) is 6.90. The molecule has 1 N–H and O–H groups in total. The Morgan fingerprint density at radius 1 is 0.875 bits per heavy atom. The van der Waals surface area contributed by atoms with Crippen molar-refractivity contribution in [1.29, 1.82) is 0 Å². The molecule has 1 aromatic rings. The zero-order valence-corrected chi connectivity index (χ0v) is 18.5. The molecule has 0 radical (unpaired) electrons. The standard InChI is InChI=1S/C30H30N2/c1-2-8-22(9-3-1)32-29-13-7-5-11-24(29)26-19-21(15-17-30(26)32)20-14-16-28-25(18-20)23-10-4-6-12-27(23)31-28/h1-3,5-9,11-13,15,17-18,23-24,26-27,29,31H,4,10,14,16,19H2. The lowest BCUT2D eigenvalue weighted by Crippen LogP contribution is -2.30. The Bertz CT molecular complexity index is 1160. The average Bonchev–Trinajstić information content (AvgIpc) is 3.39. The SMILES string of the molecule is C1=CC2C3CC(C4=CC5=C(CC4)NC4C=CCCC54)=CC=C3N(c3ccccc3)C2C=C1. The van der Waals surface area contributed by atoms with Crippen molar-refractivity contribution >= 4 is 5.69 Å². The molecule has 160 valence electrons. The fourth-order valence-corrected chi connectivity index (χ4v) is 6.90. The number of hydrogen-bond acceptors (Lipinski definition) is 2. The quantitative estimate of drug-likeness (QED) is 0.562. The Balaban J connectivity index is 1.23. The van der Waals surface area contributed by atoms with Gasteiger partial charge in [-0.1, -0.05) is 66.8 Å². The van der Waals surface area contributed by atoms with Crippen LogP contribution in [0.4, 0.5) is 5.69 Å². The molecule has 2 heterocycles. The van der Waals surface area contributed by atoms with E-state index in [0.29, 0.717) is 29.8 Å². The second kappa shape index (κ2) is 7.27. The topological polar surface area (TPSA) is 15.3 Å². The predicted molar refractivity (Wildman–Crippen MR) is 132 cm³/mol. The van der Waals surface area contributed by atoms with Crippen LogP contribution in [0.5, 0.6) is 0 Å². The summed E-state index contributed by atoms with van der Waals surface area (Å²) in [4.78, 5) is 2.58. The minimum absolute atomic E-state index is 0.426. The second-order valence-corrected chi connectivity index (χ2v) is 10.0. The molecule has 2 nitrogen and oxygen atoms in total. The van der Waals surface area contributed by atoms with Crippen molar-refractivity contribution in [2.45, 2.75) is 44.2 Å². The second-order valence-electron chi connectivity index (χ2n) is 10.0. The summed E-state index contributed by atoms with van der Waals surface area (Å²) >= 11 is 0. The summed E-state index contributed by atoms with van der Waals surface area (Å²) in [5, 5.41) is 3.81. The van der Waals surface area contributed by atoms with Gasteiger partial charge in [-0.05, 0) is 67.0 Å². The van der Waals surface area contributed by atoms with E-state index < -0.39 is 0 Å². The van der Waals surface area contributed by atoms with Crippen molar-refractivity contribution < 1.29 is 0 Å². The molecule has 0 spiro atoms. The Morgan fingerprint density at radius 3 is 2.72 bits per heavy atom. The van der Waals surface area contributed by atoms with Crippen molar-refractivity contribution in [3.05, 3.63) is 113 Å². The molecule has 0 saturated carbocycles. The van der Waals surface area contributed by atoms with E-state index in [1.165, 1.54) is 42.8 Å². The Morgan fingerprint density at radius 2 is 1.78 bits per heavy atom. The molecule has 1 saturated heterocycles. The Kier molecular flexibility index (Phi) is 4.21. The van der Waals surface area contributed by atoms with E-state index >= 15 is 0 Å². The molecule has 4 aliphatic carbocycles. The van der Waals surface area contributed by atoms with Gasteiger partial charge in [0.1, 0.15) is 0 Å². The number of hydrogen-bond donors (Lipinski definition) is 1. The van der Waals surface area contributed by atoms with Crippen LogP contribution in [0.15, 0.2) is 113 Å². The lowest BCUT2D eigenvalue weighted by atomic mass is 9.76. The minimum atomic E-state index is 0.426. The largest absolute Gasteiger partial charge is 0.381 e. The number of allylic oxidation sites excluding steroid dienone is 10. The van der Waals surface area contributed by atoms with Crippen molar-refractivity contribution in [2.75, 3.05) is 4.90 Å². The van der Waals surface area contributed by atoms with Crippen LogP contribution in [-0.2, 0) is 0 Å². The maximum atomic E-state index is 3.81. The number of nitrogens with one attached hydrogen (secondary N) is 1. The molecule has 1 aromatic carbocycles. The van der Waals surface area contributed by atoms with Gasteiger partial charge in [-0.2, -0.15) is 0 Å². The number of fused-ring (bicyclic) bond motifs is 5. The average molecular weight is 419 g/mol. The van der Waals surface area contributed by atoms with Crippen LogP contribution in [0.1, 0.15) is 32.1 Å². The molecule has 2 heteroatoms. The molecule has 7 rings (SSSR count). The molecular weight excluding hydrogens is 388 g/mol. The fraction of sp³-hybridized carbons (Fsp3) is 0.333. The highest BCUT2D eigenvalue weighted by atomic mass is 15.2. The highest BCUT2D eigenvalue weighted by molar-refractivity contribution is 5.62. The van der Waals surface area contributed by atoms with E-state index in [0.717, 1.165) is 6.42 Å².